The number of hydrogen-bond acceptors (Lipinski definition) is 4. The van der Waals surface area contributed by atoms with Crippen LogP contribution in [0, 0.1) is 0 Å². The van der Waals surface area contributed by atoms with Crippen molar-refractivity contribution in [3.63, 3.8) is 0 Å². The van der Waals surface area contributed by atoms with Crippen molar-refractivity contribution in [1.29, 1.82) is 0 Å². The highest BCUT2D eigenvalue weighted by Crippen LogP contribution is 2.34. The molecule has 4 rings (SSSR count). The molecule has 5 nitrogen and oxygen atoms in total. The van der Waals surface area contributed by atoms with Crippen LogP contribution < -0.4 is 10.0 Å². The third kappa shape index (κ3) is 3.64. The lowest BCUT2D eigenvalue weighted by molar-refractivity contribution is 0.607. The average Bonchev–Trinajstić information content (AvgIpc) is 2.67. The maximum absolute atomic E-state index is 11.4. The van der Waals surface area contributed by atoms with Crippen molar-refractivity contribution in [2.45, 2.75) is 13.3 Å². The number of aromatic nitrogens is 1. The number of pyridine rings is 1. The number of hydrogen-bond donors (Lipinski definition) is 2. The second-order valence-corrected chi connectivity index (χ2v) is 8.50. The Morgan fingerprint density at radius 2 is 1.54 bits per heavy atom. The van der Waals surface area contributed by atoms with Gasteiger partial charge >= 0.3 is 0 Å². The Labute approximate surface area is 164 Å². The Morgan fingerprint density at radius 1 is 0.857 bits per heavy atom. The fourth-order valence-corrected chi connectivity index (χ4v) is 3.94. The van der Waals surface area contributed by atoms with E-state index in [0.717, 1.165) is 45.9 Å². The first-order valence-electron chi connectivity index (χ1n) is 9.10. The number of fused-ring (bicyclic) bond motifs is 2. The summed E-state index contributed by atoms with van der Waals surface area (Å²) in [5.41, 5.74) is 5.55. The van der Waals surface area contributed by atoms with E-state index >= 15 is 0 Å². The van der Waals surface area contributed by atoms with Gasteiger partial charge in [-0.05, 0) is 42.3 Å². The third-order valence-corrected chi connectivity index (χ3v) is 5.24. The monoisotopic (exact) mass is 391 g/mol. The zero-order chi connectivity index (χ0) is 19.7. The highest BCUT2D eigenvalue weighted by molar-refractivity contribution is 7.92. The Bertz CT molecular complexity index is 1270. The van der Waals surface area contributed by atoms with E-state index in [1.54, 1.807) is 12.1 Å². The predicted molar refractivity (Wildman–Crippen MR) is 117 cm³/mol. The van der Waals surface area contributed by atoms with E-state index in [-0.39, 0.29) is 0 Å². The molecule has 0 fully saturated rings. The largest absolute Gasteiger partial charge is 0.354 e. The van der Waals surface area contributed by atoms with Gasteiger partial charge in [-0.15, -0.1) is 0 Å². The van der Waals surface area contributed by atoms with Gasteiger partial charge in [-0.25, -0.2) is 13.4 Å². The standard InChI is InChI=1S/C22H21N3O2S/c1-3-15-7-6-9-19-21(15)24-20-10-5-4-8-18(20)22(19)23-16-11-13-17(14-12-16)25-28(2,26)27/h4-14,25H,3H2,1-2H3,(H,23,24). The van der Waals surface area contributed by atoms with Crippen LogP contribution >= 0.6 is 0 Å². The zero-order valence-corrected chi connectivity index (χ0v) is 16.5. The lowest BCUT2D eigenvalue weighted by atomic mass is 10.0. The van der Waals surface area contributed by atoms with Gasteiger partial charge in [0.25, 0.3) is 0 Å². The van der Waals surface area contributed by atoms with Crippen molar-refractivity contribution >= 4 is 48.9 Å². The van der Waals surface area contributed by atoms with E-state index in [1.165, 1.54) is 5.56 Å². The fourth-order valence-electron chi connectivity index (χ4n) is 3.37. The molecule has 0 aliphatic heterocycles. The van der Waals surface area contributed by atoms with Crippen LogP contribution in [0.1, 0.15) is 12.5 Å². The normalized spacial score (nSPS) is 11.6. The Morgan fingerprint density at radius 3 is 2.25 bits per heavy atom. The maximum atomic E-state index is 11.4. The van der Waals surface area contributed by atoms with Gasteiger partial charge in [0.1, 0.15) is 0 Å². The number of anilines is 3. The Hall–Kier alpha value is -3.12. The summed E-state index contributed by atoms with van der Waals surface area (Å²) in [7, 11) is -3.29. The van der Waals surface area contributed by atoms with Crippen LogP contribution in [0.3, 0.4) is 0 Å². The smallest absolute Gasteiger partial charge is 0.229 e. The molecule has 4 aromatic rings. The molecule has 28 heavy (non-hydrogen) atoms. The third-order valence-electron chi connectivity index (χ3n) is 4.63. The maximum Gasteiger partial charge on any atom is 0.229 e. The summed E-state index contributed by atoms with van der Waals surface area (Å²) in [6.07, 6.45) is 2.05. The first-order valence-corrected chi connectivity index (χ1v) is 11.0. The zero-order valence-electron chi connectivity index (χ0n) is 15.7. The number of sulfonamides is 1. The van der Waals surface area contributed by atoms with E-state index in [0.29, 0.717) is 5.69 Å². The van der Waals surface area contributed by atoms with Crippen molar-refractivity contribution in [3.8, 4) is 0 Å². The number of aryl methyl sites for hydroxylation is 1. The average molecular weight is 391 g/mol. The molecule has 1 aromatic heterocycles. The van der Waals surface area contributed by atoms with Crippen LogP contribution in [0.15, 0.2) is 66.7 Å². The number of nitrogens with one attached hydrogen (secondary N) is 2. The fraction of sp³-hybridized carbons (Fsp3) is 0.136. The topological polar surface area (TPSA) is 71.1 Å². The minimum absolute atomic E-state index is 0.533. The van der Waals surface area contributed by atoms with E-state index < -0.39 is 10.0 Å². The number of para-hydroxylation sites is 2. The van der Waals surface area contributed by atoms with Crippen molar-refractivity contribution in [2.75, 3.05) is 16.3 Å². The lowest BCUT2D eigenvalue weighted by Gasteiger charge is -2.15. The minimum atomic E-state index is -3.29. The van der Waals surface area contributed by atoms with Crippen molar-refractivity contribution in [1.82, 2.24) is 4.98 Å². The van der Waals surface area contributed by atoms with Crippen LogP contribution in [0.2, 0.25) is 0 Å². The molecular weight excluding hydrogens is 370 g/mol. The van der Waals surface area contributed by atoms with Gasteiger partial charge in [0.15, 0.2) is 0 Å². The number of nitrogens with zero attached hydrogens (tertiary/aromatic N) is 1. The molecule has 0 bridgehead atoms. The molecule has 1 heterocycles. The van der Waals surface area contributed by atoms with E-state index in [9.17, 15) is 8.42 Å². The summed E-state index contributed by atoms with van der Waals surface area (Å²) in [6.45, 7) is 2.13. The van der Waals surface area contributed by atoms with Crippen molar-refractivity contribution in [2.24, 2.45) is 0 Å². The first-order chi connectivity index (χ1) is 13.4. The van der Waals surface area contributed by atoms with Gasteiger partial charge in [-0.2, -0.15) is 0 Å². The number of benzene rings is 3. The molecule has 0 aliphatic carbocycles. The van der Waals surface area contributed by atoms with Crippen LogP contribution in [0.25, 0.3) is 21.8 Å². The molecule has 0 saturated heterocycles. The van der Waals surface area contributed by atoms with Gasteiger partial charge in [0, 0.05) is 22.1 Å². The van der Waals surface area contributed by atoms with Crippen LogP contribution in [-0.2, 0) is 16.4 Å². The Kier molecular flexibility index (Phi) is 4.65. The highest BCUT2D eigenvalue weighted by atomic mass is 32.2. The van der Waals surface area contributed by atoms with Gasteiger partial charge in [0.2, 0.25) is 10.0 Å². The van der Waals surface area contributed by atoms with E-state index in [1.807, 2.05) is 30.3 Å². The molecule has 142 valence electrons. The van der Waals surface area contributed by atoms with Gasteiger partial charge in [-0.3, -0.25) is 4.72 Å². The van der Waals surface area contributed by atoms with Crippen molar-refractivity contribution in [3.05, 3.63) is 72.3 Å². The SMILES string of the molecule is CCc1cccc2c(Nc3ccc(NS(C)(=O)=O)cc3)c3ccccc3nc12. The van der Waals surface area contributed by atoms with E-state index in [2.05, 4.69) is 41.2 Å². The van der Waals surface area contributed by atoms with Gasteiger partial charge in [-0.1, -0.05) is 43.3 Å². The molecule has 0 radical (unpaired) electrons. The Balaban J connectivity index is 1.83. The summed E-state index contributed by atoms with van der Waals surface area (Å²) in [5.74, 6) is 0. The highest BCUT2D eigenvalue weighted by Gasteiger charge is 2.11. The lowest BCUT2D eigenvalue weighted by Crippen LogP contribution is -2.09. The summed E-state index contributed by atoms with van der Waals surface area (Å²) in [5, 5.41) is 5.62. The summed E-state index contributed by atoms with van der Waals surface area (Å²) in [6, 6.07) is 21.5. The molecule has 0 aliphatic rings. The number of rotatable bonds is 5. The molecule has 2 N–H and O–H groups in total. The molecule has 3 aromatic carbocycles. The molecule has 0 spiro atoms. The quantitative estimate of drug-likeness (QED) is 0.466. The summed E-state index contributed by atoms with van der Waals surface area (Å²) >= 11 is 0. The molecule has 0 unspecified atom stereocenters. The van der Waals surface area contributed by atoms with Crippen LogP contribution in [0.4, 0.5) is 17.1 Å². The van der Waals surface area contributed by atoms with Gasteiger partial charge < -0.3 is 5.32 Å². The van der Waals surface area contributed by atoms with Gasteiger partial charge in [0.05, 0.1) is 23.0 Å². The summed E-state index contributed by atoms with van der Waals surface area (Å²) in [4.78, 5) is 4.89. The van der Waals surface area contributed by atoms with Crippen LogP contribution in [0.5, 0.6) is 0 Å². The predicted octanol–water partition coefficient (Wildman–Crippen LogP) is 5.07. The summed E-state index contributed by atoms with van der Waals surface area (Å²) < 4.78 is 25.3. The molecule has 0 atom stereocenters. The van der Waals surface area contributed by atoms with Crippen LogP contribution in [-0.4, -0.2) is 19.7 Å². The first kappa shape index (κ1) is 18.3. The second-order valence-electron chi connectivity index (χ2n) is 6.75. The van der Waals surface area contributed by atoms with E-state index in [4.69, 9.17) is 4.98 Å². The van der Waals surface area contributed by atoms with Crippen molar-refractivity contribution < 1.29 is 8.42 Å². The molecule has 0 saturated carbocycles. The molecule has 6 heteroatoms. The minimum Gasteiger partial charge on any atom is -0.354 e. The second kappa shape index (κ2) is 7.13. The molecular formula is C22H21N3O2S. The molecule has 0 amide bonds.